The van der Waals surface area contributed by atoms with E-state index in [0.29, 0.717) is 18.2 Å². The predicted octanol–water partition coefficient (Wildman–Crippen LogP) is 4.59. The minimum absolute atomic E-state index is 0.0923. The maximum Gasteiger partial charge on any atom is 0.223 e. The van der Waals surface area contributed by atoms with Crippen molar-refractivity contribution in [3.8, 4) is 0 Å². The van der Waals surface area contributed by atoms with Crippen LogP contribution in [-0.4, -0.2) is 33.9 Å². The molecule has 34 heavy (non-hydrogen) atoms. The van der Waals surface area contributed by atoms with E-state index in [4.69, 9.17) is 0 Å². The van der Waals surface area contributed by atoms with Gasteiger partial charge in [0.25, 0.3) is 0 Å². The number of thioether (sulfide) groups is 1. The van der Waals surface area contributed by atoms with Crippen molar-refractivity contribution in [1.82, 2.24) is 10.2 Å². The number of nitrogens with one attached hydrogen (secondary N) is 1. The van der Waals surface area contributed by atoms with Gasteiger partial charge < -0.3 is 10.2 Å². The number of hydrogen-bond acceptors (Lipinski definition) is 4. The number of halogens is 3. The zero-order chi connectivity index (χ0) is 24.8. The smallest absolute Gasteiger partial charge is 0.223 e. The van der Waals surface area contributed by atoms with Crippen LogP contribution >= 0.6 is 11.8 Å². The fourth-order valence-electron chi connectivity index (χ4n) is 3.89. The number of rotatable bonds is 9. The lowest BCUT2D eigenvalue weighted by Crippen LogP contribution is -2.45. The third-order valence-electron chi connectivity index (χ3n) is 5.74. The number of benzene rings is 2. The number of amides is 2. The van der Waals surface area contributed by atoms with Gasteiger partial charge in [0.2, 0.25) is 16.9 Å². The summed E-state index contributed by atoms with van der Waals surface area (Å²) >= 11 is 1.13. The van der Waals surface area contributed by atoms with Gasteiger partial charge in [0.15, 0.2) is 11.6 Å². The van der Waals surface area contributed by atoms with E-state index in [9.17, 15) is 27.6 Å². The van der Waals surface area contributed by atoms with Gasteiger partial charge >= 0.3 is 0 Å². The van der Waals surface area contributed by atoms with Crippen LogP contribution in [0, 0.1) is 23.4 Å². The summed E-state index contributed by atoms with van der Waals surface area (Å²) in [6, 6.07) is 9.53. The maximum absolute atomic E-state index is 14.1. The molecule has 0 saturated carbocycles. The molecule has 1 saturated heterocycles. The highest BCUT2D eigenvalue weighted by Crippen LogP contribution is 2.26. The molecule has 2 aromatic carbocycles. The Morgan fingerprint density at radius 3 is 2.53 bits per heavy atom. The number of carbonyl (C=O) groups excluding carboxylic acids is 3. The molecule has 3 rings (SSSR count). The number of hydrogen-bond donors (Lipinski definition) is 1. The minimum atomic E-state index is -1.33. The van der Waals surface area contributed by atoms with Crippen molar-refractivity contribution in [3.05, 3.63) is 71.0 Å². The zero-order valence-corrected chi connectivity index (χ0v) is 19.8. The van der Waals surface area contributed by atoms with Gasteiger partial charge in [-0.2, -0.15) is 0 Å². The average molecular weight is 493 g/mol. The largest absolute Gasteiger partial charge is 0.345 e. The van der Waals surface area contributed by atoms with Crippen molar-refractivity contribution in [2.75, 3.05) is 0 Å². The van der Waals surface area contributed by atoms with Crippen LogP contribution in [-0.2, 0) is 26.7 Å². The van der Waals surface area contributed by atoms with Crippen molar-refractivity contribution < 1.29 is 27.6 Å². The Labute approximate surface area is 201 Å². The molecule has 2 atom stereocenters. The summed E-state index contributed by atoms with van der Waals surface area (Å²) in [5, 5.41) is 2.60. The fourth-order valence-corrected chi connectivity index (χ4v) is 4.91. The molecule has 1 fully saturated rings. The van der Waals surface area contributed by atoms with Gasteiger partial charge in [0.1, 0.15) is 11.9 Å². The molecule has 1 N–H and O–H groups in total. The molecule has 9 heteroatoms. The Balaban J connectivity index is 1.62. The van der Waals surface area contributed by atoms with E-state index in [1.807, 2.05) is 44.2 Å². The normalized spacial score (nSPS) is 16.7. The molecule has 1 aliphatic rings. The molecular weight excluding hydrogens is 465 g/mol. The van der Waals surface area contributed by atoms with Crippen LogP contribution in [0.4, 0.5) is 13.2 Å². The Morgan fingerprint density at radius 2 is 1.85 bits per heavy atom. The SMILES string of the molecule is CC(C)[C@@H](NC(=O)C[C@@H]1CCC(=O)N1Cc1cc(F)cc(F)c1F)C(=O)SCc1ccccc1. The Hall–Kier alpha value is -2.81. The van der Waals surface area contributed by atoms with Gasteiger partial charge in [0, 0.05) is 42.8 Å². The molecule has 0 radical (unpaired) electrons. The van der Waals surface area contributed by atoms with Gasteiger partial charge in [-0.25, -0.2) is 13.2 Å². The monoisotopic (exact) mass is 492 g/mol. The number of carbonyl (C=O) groups is 3. The molecule has 0 aromatic heterocycles. The Kier molecular flexibility index (Phi) is 8.77. The summed E-state index contributed by atoms with van der Waals surface area (Å²) in [5.74, 6) is -3.89. The van der Waals surface area contributed by atoms with Gasteiger partial charge in [-0.3, -0.25) is 14.4 Å². The Bertz CT molecular complexity index is 1050. The molecule has 0 aliphatic carbocycles. The Morgan fingerprint density at radius 1 is 1.15 bits per heavy atom. The lowest BCUT2D eigenvalue weighted by molar-refractivity contribution is -0.131. The highest BCUT2D eigenvalue weighted by Gasteiger charge is 2.34. The molecule has 0 spiro atoms. The highest BCUT2D eigenvalue weighted by molar-refractivity contribution is 8.13. The number of nitrogens with zero attached hydrogens (tertiary/aromatic N) is 1. The van der Waals surface area contributed by atoms with Crippen molar-refractivity contribution in [1.29, 1.82) is 0 Å². The van der Waals surface area contributed by atoms with Gasteiger partial charge in [-0.15, -0.1) is 0 Å². The summed E-state index contributed by atoms with van der Waals surface area (Å²) in [5.41, 5.74) is 0.710. The second kappa shape index (κ2) is 11.6. The van der Waals surface area contributed by atoms with Gasteiger partial charge in [0.05, 0.1) is 0 Å². The van der Waals surface area contributed by atoms with Crippen molar-refractivity contribution >= 4 is 28.7 Å². The van der Waals surface area contributed by atoms with E-state index in [1.165, 1.54) is 4.90 Å². The van der Waals surface area contributed by atoms with E-state index in [1.54, 1.807) is 0 Å². The topological polar surface area (TPSA) is 66.5 Å². The lowest BCUT2D eigenvalue weighted by atomic mass is 10.0. The van der Waals surface area contributed by atoms with E-state index in [2.05, 4.69) is 5.32 Å². The molecular formula is C25H27F3N2O3S. The summed E-state index contributed by atoms with van der Waals surface area (Å²) in [6.45, 7) is 3.33. The first-order chi connectivity index (χ1) is 16.2. The summed E-state index contributed by atoms with van der Waals surface area (Å²) in [7, 11) is 0. The maximum atomic E-state index is 14.1. The quantitative estimate of drug-likeness (QED) is 0.520. The molecule has 182 valence electrons. The van der Waals surface area contributed by atoms with Crippen LogP contribution in [0.5, 0.6) is 0 Å². The van der Waals surface area contributed by atoms with Crippen molar-refractivity contribution in [2.24, 2.45) is 5.92 Å². The van der Waals surface area contributed by atoms with Gasteiger partial charge in [-0.1, -0.05) is 55.9 Å². The van der Waals surface area contributed by atoms with Crippen molar-refractivity contribution in [2.45, 2.75) is 57.5 Å². The molecule has 1 aliphatic heterocycles. The van der Waals surface area contributed by atoms with Crippen LogP contribution in [0.2, 0.25) is 0 Å². The molecule has 2 aromatic rings. The summed E-state index contributed by atoms with van der Waals surface area (Å²) < 4.78 is 41.2. The molecule has 1 heterocycles. The van der Waals surface area contributed by atoms with Crippen LogP contribution in [0.1, 0.15) is 44.2 Å². The highest BCUT2D eigenvalue weighted by atomic mass is 32.2. The van der Waals surface area contributed by atoms with Gasteiger partial charge in [-0.05, 0) is 24.0 Å². The number of likely N-dealkylation sites (tertiary alicyclic amines) is 1. The van der Waals surface area contributed by atoms with E-state index >= 15 is 0 Å². The fraction of sp³-hybridized carbons (Fsp3) is 0.400. The zero-order valence-electron chi connectivity index (χ0n) is 19.0. The summed E-state index contributed by atoms with van der Waals surface area (Å²) in [6.07, 6.45) is 0.413. The first-order valence-electron chi connectivity index (χ1n) is 11.1. The van der Waals surface area contributed by atoms with E-state index < -0.39 is 35.4 Å². The first kappa shape index (κ1) is 25.8. The lowest BCUT2D eigenvalue weighted by Gasteiger charge is -2.26. The van der Waals surface area contributed by atoms with Crippen LogP contribution < -0.4 is 5.32 Å². The molecule has 2 amide bonds. The molecule has 0 bridgehead atoms. The minimum Gasteiger partial charge on any atom is -0.345 e. The third kappa shape index (κ3) is 6.62. The average Bonchev–Trinajstić information content (AvgIpc) is 3.13. The van der Waals surface area contributed by atoms with E-state index in [0.717, 1.165) is 23.4 Å². The molecule has 0 unspecified atom stereocenters. The second-order valence-corrected chi connectivity index (χ2v) is 9.64. The molecule has 5 nitrogen and oxygen atoms in total. The first-order valence-corrected chi connectivity index (χ1v) is 12.1. The predicted molar refractivity (Wildman–Crippen MR) is 124 cm³/mol. The van der Waals surface area contributed by atoms with Crippen LogP contribution in [0.15, 0.2) is 42.5 Å². The second-order valence-electron chi connectivity index (χ2n) is 8.66. The van der Waals surface area contributed by atoms with Crippen LogP contribution in [0.25, 0.3) is 0 Å². The standard InChI is InChI=1S/C25H27F3N2O3S/c1-15(2)24(25(33)34-14-16-6-4-3-5-7-16)29-21(31)12-19-8-9-22(32)30(19)13-17-10-18(26)11-20(27)23(17)28/h3-7,10-11,15,19,24H,8-9,12-14H2,1-2H3,(H,29,31)/t19-,24+/m0/s1. The van der Waals surface area contributed by atoms with E-state index in [-0.39, 0.29) is 41.9 Å². The summed E-state index contributed by atoms with van der Waals surface area (Å²) in [4.78, 5) is 39.1. The van der Waals surface area contributed by atoms with Crippen LogP contribution in [0.3, 0.4) is 0 Å². The van der Waals surface area contributed by atoms with Crippen molar-refractivity contribution in [3.63, 3.8) is 0 Å². The third-order valence-corrected chi connectivity index (χ3v) is 6.76.